The highest BCUT2D eigenvalue weighted by Crippen LogP contribution is 2.28. The molecule has 1 aliphatic rings. The van der Waals surface area contributed by atoms with Gasteiger partial charge in [0.2, 0.25) is 0 Å². The molecule has 1 aliphatic heterocycles. The smallest absolute Gasteiger partial charge is 0.321 e. The van der Waals surface area contributed by atoms with Crippen LogP contribution in [0.2, 0.25) is 0 Å². The number of fused-ring (bicyclic) bond motifs is 1. The van der Waals surface area contributed by atoms with Gasteiger partial charge in [0.25, 0.3) is 0 Å². The Kier molecular flexibility index (Phi) is 5.41. The molecule has 2 rings (SSSR count). The number of hydrogen-bond acceptors (Lipinski definition) is 2. The zero-order chi connectivity index (χ0) is 14.4. The molecule has 20 heavy (non-hydrogen) atoms. The Morgan fingerprint density at radius 1 is 1.45 bits per heavy atom. The maximum atomic E-state index is 12.2. The number of nitrogens with zero attached hydrogens (tertiary/aromatic N) is 1. The maximum absolute atomic E-state index is 12.2. The van der Waals surface area contributed by atoms with E-state index in [1.165, 1.54) is 11.1 Å². The fourth-order valence-electron chi connectivity index (χ4n) is 2.65. The molecule has 0 unspecified atom stereocenters. The molecule has 0 spiro atoms. The normalized spacial score (nSPS) is 14.0. The molecule has 4 heteroatoms. The number of unbranched alkanes of at least 4 members (excludes halogenated alkanes) is 1. The van der Waals surface area contributed by atoms with Crippen molar-refractivity contribution in [2.75, 3.05) is 24.5 Å². The van der Waals surface area contributed by atoms with Gasteiger partial charge in [0.15, 0.2) is 0 Å². The van der Waals surface area contributed by atoms with Gasteiger partial charge in [-0.15, -0.1) is 0 Å². The van der Waals surface area contributed by atoms with Crippen molar-refractivity contribution in [1.82, 2.24) is 5.32 Å². The monoisotopic (exact) mass is 275 g/mol. The SMILES string of the molecule is CCCCNC(=O)N1CCCc2cc(CCN)ccc21. The van der Waals surface area contributed by atoms with E-state index in [0.717, 1.165) is 50.9 Å². The number of nitrogens with one attached hydrogen (secondary N) is 1. The summed E-state index contributed by atoms with van der Waals surface area (Å²) < 4.78 is 0. The highest BCUT2D eigenvalue weighted by atomic mass is 16.2. The second-order valence-electron chi connectivity index (χ2n) is 5.34. The summed E-state index contributed by atoms with van der Waals surface area (Å²) in [4.78, 5) is 14.1. The number of hydrogen-bond donors (Lipinski definition) is 2. The van der Waals surface area contributed by atoms with Gasteiger partial charge in [-0.05, 0) is 49.4 Å². The third kappa shape index (κ3) is 3.51. The largest absolute Gasteiger partial charge is 0.338 e. The Morgan fingerprint density at radius 2 is 2.30 bits per heavy atom. The van der Waals surface area contributed by atoms with E-state index in [0.29, 0.717) is 6.54 Å². The molecule has 1 heterocycles. The molecule has 0 radical (unpaired) electrons. The van der Waals surface area contributed by atoms with E-state index in [1.807, 2.05) is 4.90 Å². The molecule has 1 aromatic rings. The van der Waals surface area contributed by atoms with Gasteiger partial charge in [0.05, 0.1) is 0 Å². The van der Waals surface area contributed by atoms with E-state index in [-0.39, 0.29) is 6.03 Å². The summed E-state index contributed by atoms with van der Waals surface area (Å²) in [6.45, 7) is 4.36. The van der Waals surface area contributed by atoms with Crippen LogP contribution in [0.15, 0.2) is 18.2 Å². The van der Waals surface area contributed by atoms with E-state index in [2.05, 4.69) is 30.4 Å². The minimum absolute atomic E-state index is 0.0333. The van der Waals surface area contributed by atoms with Gasteiger partial charge in [0, 0.05) is 18.8 Å². The van der Waals surface area contributed by atoms with Crippen LogP contribution in [-0.4, -0.2) is 25.7 Å². The average molecular weight is 275 g/mol. The van der Waals surface area contributed by atoms with E-state index in [9.17, 15) is 4.79 Å². The van der Waals surface area contributed by atoms with Crippen LogP contribution in [0.5, 0.6) is 0 Å². The molecular weight excluding hydrogens is 250 g/mol. The second kappa shape index (κ2) is 7.29. The number of urea groups is 1. The topological polar surface area (TPSA) is 58.4 Å². The first-order valence-electron chi connectivity index (χ1n) is 7.63. The molecule has 2 amide bonds. The van der Waals surface area contributed by atoms with Crippen molar-refractivity contribution in [3.05, 3.63) is 29.3 Å². The third-order valence-corrected chi connectivity index (χ3v) is 3.75. The van der Waals surface area contributed by atoms with E-state index in [1.54, 1.807) is 0 Å². The summed E-state index contributed by atoms with van der Waals surface area (Å²) in [5.74, 6) is 0. The molecule has 0 bridgehead atoms. The van der Waals surface area contributed by atoms with Crippen molar-refractivity contribution in [2.45, 2.75) is 39.0 Å². The Hall–Kier alpha value is -1.55. The molecule has 0 saturated heterocycles. The van der Waals surface area contributed by atoms with E-state index < -0.39 is 0 Å². The number of nitrogens with two attached hydrogens (primary N) is 1. The van der Waals surface area contributed by atoms with Crippen molar-refractivity contribution in [3.63, 3.8) is 0 Å². The number of amides is 2. The summed E-state index contributed by atoms with van der Waals surface area (Å²) in [5, 5.41) is 3.00. The van der Waals surface area contributed by atoms with Gasteiger partial charge >= 0.3 is 6.03 Å². The Morgan fingerprint density at radius 3 is 3.05 bits per heavy atom. The quantitative estimate of drug-likeness (QED) is 0.811. The third-order valence-electron chi connectivity index (χ3n) is 3.75. The van der Waals surface area contributed by atoms with Crippen molar-refractivity contribution in [3.8, 4) is 0 Å². The van der Waals surface area contributed by atoms with Gasteiger partial charge in [-0.1, -0.05) is 25.5 Å². The molecule has 0 fully saturated rings. The van der Waals surface area contributed by atoms with E-state index in [4.69, 9.17) is 5.73 Å². The molecule has 1 aromatic carbocycles. The predicted octanol–water partition coefficient (Wildman–Crippen LogP) is 2.45. The Balaban J connectivity index is 2.09. The van der Waals surface area contributed by atoms with E-state index >= 15 is 0 Å². The number of carbonyl (C=O) groups is 1. The molecule has 3 N–H and O–H groups in total. The number of carbonyl (C=O) groups excluding carboxylic acids is 1. The maximum Gasteiger partial charge on any atom is 0.321 e. The Labute approximate surface area is 121 Å². The summed E-state index contributed by atoms with van der Waals surface area (Å²) in [5.41, 5.74) is 9.20. The molecule has 0 aliphatic carbocycles. The number of benzene rings is 1. The predicted molar refractivity (Wildman–Crippen MR) is 83.2 cm³/mol. The van der Waals surface area contributed by atoms with Gasteiger partial charge in [-0.25, -0.2) is 4.79 Å². The first-order chi connectivity index (χ1) is 9.76. The zero-order valence-corrected chi connectivity index (χ0v) is 12.3. The van der Waals surface area contributed by atoms with Gasteiger partial charge in [-0.2, -0.15) is 0 Å². The van der Waals surface area contributed by atoms with Crippen molar-refractivity contribution in [1.29, 1.82) is 0 Å². The van der Waals surface area contributed by atoms with Crippen LogP contribution in [0.4, 0.5) is 10.5 Å². The average Bonchev–Trinajstić information content (AvgIpc) is 2.47. The molecular formula is C16H25N3O. The molecule has 0 aromatic heterocycles. The van der Waals surface area contributed by atoms with Crippen molar-refractivity contribution in [2.24, 2.45) is 5.73 Å². The summed E-state index contributed by atoms with van der Waals surface area (Å²) >= 11 is 0. The van der Waals surface area contributed by atoms with Gasteiger partial charge in [-0.3, -0.25) is 4.90 Å². The number of aryl methyl sites for hydroxylation is 1. The van der Waals surface area contributed by atoms with Crippen LogP contribution >= 0.6 is 0 Å². The standard InChI is InChI=1S/C16H25N3O/c1-2-3-10-18-16(20)19-11-4-5-14-12-13(8-9-17)6-7-15(14)19/h6-7,12H,2-5,8-11,17H2,1H3,(H,18,20). The van der Waals surface area contributed by atoms with Crippen LogP contribution in [0, 0.1) is 0 Å². The van der Waals surface area contributed by atoms with Crippen molar-refractivity contribution < 1.29 is 4.79 Å². The lowest BCUT2D eigenvalue weighted by atomic mass is 9.98. The Bertz CT molecular complexity index is 459. The van der Waals surface area contributed by atoms with Crippen LogP contribution in [0.25, 0.3) is 0 Å². The molecule has 0 atom stereocenters. The van der Waals surface area contributed by atoms with Gasteiger partial charge in [0.1, 0.15) is 0 Å². The van der Waals surface area contributed by atoms with Crippen LogP contribution in [0.3, 0.4) is 0 Å². The molecule has 4 nitrogen and oxygen atoms in total. The first kappa shape index (κ1) is 14.9. The summed E-state index contributed by atoms with van der Waals surface area (Å²) in [6, 6.07) is 6.39. The second-order valence-corrected chi connectivity index (χ2v) is 5.34. The number of rotatable bonds is 5. The highest BCUT2D eigenvalue weighted by Gasteiger charge is 2.22. The molecule has 0 saturated carbocycles. The van der Waals surface area contributed by atoms with Crippen molar-refractivity contribution >= 4 is 11.7 Å². The first-order valence-corrected chi connectivity index (χ1v) is 7.63. The lowest BCUT2D eigenvalue weighted by Crippen LogP contribution is -2.43. The lowest BCUT2D eigenvalue weighted by molar-refractivity contribution is 0.245. The summed E-state index contributed by atoms with van der Waals surface area (Å²) in [6.07, 6.45) is 5.10. The highest BCUT2D eigenvalue weighted by molar-refractivity contribution is 5.93. The fraction of sp³-hybridized carbons (Fsp3) is 0.562. The van der Waals surface area contributed by atoms with Crippen LogP contribution in [0.1, 0.15) is 37.3 Å². The minimum atomic E-state index is 0.0333. The fourth-order valence-corrected chi connectivity index (χ4v) is 2.65. The zero-order valence-electron chi connectivity index (χ0n) is 12.3. The van der Waals surface area contributed by atoms with Crippen LogP contribution < -0.4 is 16.0 Å². The molecule has 110 valence electrons. The lowest BCUT2D eigenvalue weighted by Gasteiger charge is -2.30. The number of anilines is 1. The summed E-state index contributed by atoms with van der Waals surface area (Å²) in [7, 11) is 0. The van der Waals surface area contributed by atoms with Crippen LogP contribution in [-0.2, 0) is 12.8 Å². The van der Waals surface area contributed by atoms with Gasteiger partial charge < -0.3 is 11.1 Å². The minimum Gasteiger partial charge on any atom is -0.338 e.